The van der Waals surface area contributed by atoms with E-state index in [9.17, 15) is 5.11 Å². The Labute approximate surface area is 94.3 Å². The van der Waals surface area contributed by atoms with Crippen LogP contribution in [0.25, 0.3) is 0 Å². The van der Waals surface area contributed by atoms with E-state index in [1.807, 2.05) is 6.92 Å². The van der Waals surface area contributed by atoms with E-state index in [0.717, 1.165) is 12.3 Å². The predicted octanol–water partition coefficient (Wildman–Crippen LogP) is 3.57. The van der Waals surface area contributed by atoms with Crippen LogP contribution in [0.3, 0.4) is 0 Å². The molecule has 2 aliphatic rings. The van der Waals surface area contributed by atoms with Crippen molar-refractivity contribution in [3.05, 3.63) is 6.42 Å². The van der Waals surface area contributed by atoms with Gasteiger partial charge in [0.1, 0.15) is 0 Å². The zero-order valence-electron chi connectivity index (χ0n) is 10.6. The molecule has 2 saturated carbocycles. The molecular formula is C14H25O. The quantitative estimate of drug-likeness (QED) is 0.646. The third kappa shape index (κ3) is 1.95. The van der Waals surface area contributed by atoms with Crippen LogP contribution in [-0.4, -0.2) is 10.7 Å². The molecule has 15 heavy (non-hydrogen) atoms. The highest BCUT2D eigenvalue weighted by Gasteiger charge is 2.52. The van der Waals surface area contributed by atoms with Crippen molar-refractivity contribution in [3.63, 3.8) is 0 Å². The zero-order valence-corrected chi connectivity index (χ0v) is 10.6. The highest BCUT2D eigenvalue weighted by molar-refractivity contribution is 5.12. The lowest BCUT2D eigenvalue weighted by molar-refractivity contribution is -0.0659. The predicted molar refractivity (Wildman–Crippen MR) is 63.4 cm³/mol. The molecule has 1 radical (unpaired) electrons. The first-order valence-electron chi connectivity index (χ1n) is 6.35. The second kappa shape index (κ2) is 3.23. The Balaban J connectivity index is 2.24. The monoisotopic (exact) mass is 209 g/mol. The number of fused-ring (bicyclic) bond motifs is 1. The minimum Gasteiger partial charge on any atom is -0.390 e. The normalized spacial score (nSPS) is 49.8. The number of rotatable bonds is 0. The smallest absolute Gasteiger partial charge is 0.0657 e. The molecule has 0 bridgehead atoms. The molecule has 0 saturated heterocycles. The van der Waals surface area contributed by atoms with E-state index in [4.69, 9.17) is 0 Å². The second-order valence-electron chi connectivity index (χ2n) is 6.94. The fourth-order valence-corrected chi connectivity index (χ4v) is 4.28. The minimum absolute atomic E-state index is 0.267. The van der Waals surface area contributed by atoms with E-state index in [1.54, 1.807) is 0 Å². The van der Waals surface area contributed by atoms with Crippen LogP contribution in [0.1, 0.15) is 59.8 Å². The Kier molecular flexibility index (Phi) is 2.46. The van der Waals surface area contributed by atoms with Crippen molar-refractivity contribution in [2.24, 2.45) is 16.7 Å². The molecule has 1 heteroatoms. The average molecular weight is 209 g/mol. The first-order valence-corrected chi connectivity index (χ1v) is 6.35. The van der Waals surface area contributed by atoms with Crippen molar-refractivity contribution in [3.8, 4) is 0 Å². The largest absolute Gasteiger partial charge is 0.390 e. The van der Waals surface area contributed by atoms with Gasteiger partial charge in [-0.1, -0.05) is 27.2 Å². The van der Waals surface area contributed by atoms with Gasteiger partial charge in [0.15, 0.2) is 0 Å². The molecule has 1 nitrogen and oxygen atoms in total. The molecule has 0 heterocycles. The van der Waals surface area contributed by atoms with E-state index >= 15 is 0 Å². The van der Waals surface area contributed by atoms with Gasteiger partial charge in [0.05, 0.1) is 5.60 Å². The van der Waals surface area contributed by atoms with Crippen LogP contribution in [0, 0.1) is 23.2 Å². The van der Waals surface area contributed by atoms with E-state index in [0.29, 0.717) is 5.41 Å². The van der Waals surface area contributed by atoms with Crippen LogP contribution in [0.4, 0.5) is 0 Å². The summed E-state index contributed by atoms with van der Waals surface area (Å²) in [4.78, 5) is 0. The van der Waals surface area contributed by atoms with Crippen LogP contribution in [0.5, 0.6) is 0 Å². The first-order chi connectivity index (χ1) is 6.75. The summed E-state index contributed by atoms with van der Waals surface area (Å²) in [5.74, 6) is 0.763. The standard InChI is InChI=1S/C14H25O/c1-12(2)7-5-8-13(3)10-14(4,15)9-6-11(12)13/h10-11,15H,5-9H2,1-4H3. The summed E-state index contributed by atoms with van der Waals surface area (Å²) in [7, 11) is 0. The molecule has 3 unspecified atom stereocenters. The van der Waals surface area contributed by atoms with E-state index in [-0.39, 0.29) is 5.41 Å². The van der Waals surface area contributed by atoms with Crippen molar-refractivity contribution >= 4 is 0 Å². The van der Waals surface area contributed by atoms with Gasteiger partial charge in [0, 0.05) is 0 Å². The number of aliphatic hydroxyl groups is 1. The van der Waals surface area contributed by atoms with Crippen molar-refractivity contribution < 1.29 is 5.11 Å². The van der Waals surface area contributed by atoms with Gasteiger partial charge in [-0.25, -0.2) is 0 Å². The highest BCUT2D eigenvalue weighted by Crippen LogP contribution is 2.58. The summed E-state index contributed by atoms with van der Waals surface area (Å²) in [6, 6.07) is 0. The van der Waals surface area contributed by atoms with Crippen molar-refractivity contribution in [1.82, 2.24) is 0 Å². The maximum atomic E-state index is 10.2. The van der Waals surface area contributed by atoms with Crippen molar-refractivity contribution in [1.29, 1.82) is 0 Å². The summed E-state index contributed by atoms with van der Waals surface area (Å²) in [5, 5.41) is 10.2. The topological polar surface area (TPSA) is 20.2 Å². The van der Waals surface area contributed by atoms with Crippen LogP contribution in [0.2, 0.25) is 0 Å². The summed E-state index contributed by atoms with van der Waals surface area (Å²) in [6.45, 7) is 9.13. The van der Waals surface area contributed by atoms with E-state index < -0.39 is 5.60 Å². The van der Waals surface area contributed by atoms with Gasteiger partial charge in [-0.3, -0.25) is 0 Å². The van der Waals surface area contributed by atoms with Crippen LogP contribution < -0.4 is 0 Å². The van der Waals surface area contributed by atoms with E-state index in [2.05, 4.69) is 27.2 Å². The summed E-state index contributed by atoms with van der Waals surface area (Å²) in [5.41, 5.74) is 0.197. The third-order valence-electron chi connectivity index (χ3n) is 4.86. The van der Waals surface area contributed by atoms with Gasteiger partial charge in [-0.05, 0) is 55.8 Å². The fourth-order valence-electron chi connectivity index (χ4n) is 4.28. The molecule has 0 aromatic heterocycles. The van der Waals surface area contributed by atoms with Crippen molar-refractivity contribution in [2.45, 2.75) is 65.4 Å². The third-order valence-corrected chi connectivity index (χ3v) is 4.86. The highest BCUT2D eigenvalue weighted by atomic mass is 16.3. The van der Waals surface area contributed by atoms with Crippen molar-refractivity contribution in [2.75, 3.05) is 0 Å². The lowest BCUT2D eigenvalue weighted by Gasteiger charge is -2.56. The minimum atomic E-state index is -0.529. The number of hydrogen-bond donors (Lipinski definition) is 1. The molecule has 0 spiro atoms. The molecule has 0 aromatic rings. The van der Waals surface area contributed by atoms with Gasteiger partial charge >= 0.3 is 0 Å². The Morgan fingerprint density at radius 3 is 2.40 bits per heavy atom. The van der Waals surface area contributed by atoms with Gasteiger partial charge < -0.3 is 5.11 Å². The maximum absolute atomic E-state index is 10.2. The number of hydrogen-bond acceptors (Lipinski definition) is 1. The van der Waals surface area contributed by atoms with Gasteiger partial charge in [-0.2, -0.15) is 0 Å². The summed E-state index contributed by atoms with van der Waals surface area (Å²) >= 11 is 0. The second-order valence-corrected chi connectivity index (χ2v) is 6.94. The zero-order chi connectivity index (χ0) is 11.3. The Hall–Kier alpha value is -0.0400. The average Bonchev–Trinajstić information content (AvgIpc) is 1.98. The summed E-state index contributed by atoms with van der Waals surface area (Å²) in [6.07, 6.45) is 8.30. The molecule has 1 N–H and O–H groups in total. The van der Waals surface area contributed by atoms with Gasteiger partial charge in [0.25, 0.3) is 0 Å². The Bertz CT molecular complexity index is 254. The van der Waals surface area contributed by atoms with Crippen LogP contribution in [-0.2, 0) is 0 Å². The Morgan fingerprint density at radius 1 is 1.07 bits per heavy atom. The molecule has 2 rings (SSSR count). The van der Waals surface area contributed by atoms with E-state index in [1.165, 1.54) is 25.7 Å². The summed E-state index contributed by atoms with van der Waals surface area (Å²) < 4.78 is 0. The fraction of sp³-hybridized carbons (Fsp3) is 0.929. The molecule has 0 aromatic carbocycles. The van der Waals surface area contributed by atoms with Crippen LogP contribution >= 0.6 is 0 Å². The SMILES string of the molecule is CC1(O)[CH]C2(C)CCCC(C)(C)C2CC1. The Morgan fingerprint density at radius 2 is 1.73 bits per heavy atom. The van der Waals surface area contributed by atoms with Gasteiger partial charge in [0.2, 0.25) is 0 Å². The lowest BCUT2D eigenvalue weighted by Crippen LogP contribution is -2.51. The van der Waals surface area contributed by atoms with Crippen LogP contribution in [0.15, 0.2) is 0 Å². The lowest BCUT2D eigenvalue weighted by atomic mass is 9.50. The van der Waals surface area contributed by atoms with Gasteiger partial charge in [-0.15, -0.1) is 0 Å². The first kappa shape index (κ1) is 11.4. The molecule has 2 fully saturated rings. The molecular weight excluding hydrogens is 184 g/mol. The molecule has 3 atom stereocenters. The molecule has 2 aliphatic carbocycles. The molecule has 0 amide bonds. The molecule has 87 valence electrons. The molecule has 0 aliphatic heterocycles. The maximum Gasteiger partial charge on any atom is 0.0657 e.